The van der Waals surface area contributed by atoms with Gasteiger partial charge in [-0.25, -0.2) is 4.98 Å². The first kappa shape index (κ1) is 16.1. The van der Waals surface area contributed by atoms with E-state index in [1.54, 1.807) is 0 Å². The second-order valence-corrected chi connectivity index (χ2v) is 7.16. The van der Waals surface area contributed by atoms with Crippen LogP contribution >= 0.6 is 0 Å². The predicted octanol–water partition coefficient (Wildman–Crippen LogP) is 3.42. The van der Waals surface area contributed by atoms with Crippen LogP contribution in [0.2, 0.25) is 0 Å². The Bertz CT molecular complexity index is 734. The van der Waals surface area contributed by atoms with E-state index in [0.29, 0.717) is 6.54 Å². The molecule has 0 atom stereocenters. The zero-order valence-corrected chi connectivity index (χ0v) is 14.6. The molecular formula is C21H25N3O. The monoisotopic (exact) mass is 335 g/mol. The normalized spacial score (nSPS) is 18.6. The van der Waals surface area contributed by atoms with Crippen molar-refractivity contribution in [3.8, 4) is 0 Å². The lowest BCUT2D eigenvalue weighted by Crippen LogP contribution is -2.49. The van der Waals surface area contributed by atoms with Gasteiger partial charge in [-0.05, 0) is 37.3 Å². The summed E-state index contributed by atoms with van der Waals surface area (Å²) < 4.78 is 0. The first-order valence-corrected chi connectivity index (χ1v) is 9.32. The molecule has 1 aromatic heterocycles. The fourth-order valence-electron chi connectivity index (χ4n) is 4.06. The van der Waals surface area contributed by atoms with Crippen LogP contribution in [0.15, 0.2) is 48.7 Å². The van der Waals surface area contributed by atoms with E-state index in [0.717, 1.165) is 49.3 Å². The van der Waals surface area contributed by atoms with Crippen molar-refractivity contribution in [2.75, 3.05) is 18.0 Å². The van der Waals surface area contributed by atoms with E-state index in [9.17, 15) is 4.79 Å². The van der Waals surface area contributed by atoms with Gasteiger partial charge < -0.3 is 10.2 Å². The van der Waals surface area contributed by atoms with Gasteiger partial charge in [0.1, 0.15) is 5.82 Å². The van der Waals surface area contributed by atoms with Crippen LogP contribution in [-0.4, -0.2) is 24.0 Å². The average Bonchev–Trinajstić information content (AvgIpc) is 3.15. The fourth-order valence-corrected chi connectivity index (χ4v) is 4.06. The van der Waals surface area contributed by atoms with Crippen molar-refractivity contribution in [3.63, 3.8) is 0 Å². The molecular weight excluding hydrogens is 310 g/mol. The highest BCUT2D eigenvalue weighted by Gasteiger charge is 2.45. The van der Waals surface area contributed by atoms with E-state index < -0.39 is 0 Å². The number of nitrogens with one attached hydrogen (secondary N) is 1. The second kappa shape index (κ2) is 6.87. The number of amides is 1. The van der Waals surface area contributed by atoms with Gasteiger partial charge in [-0.3, -0.25) is 4.79 Å². The minimum absolute atomic E-state index is 0.154. The van der Waals surface area contributed by atoms with E-state index in [1.807, 2.05) is 30.5 Å². The van der Waals surface area contributed by atoms with E-state index in [1.165, 1.54) is 12.8 Å². The summed E-state index contributed by atoms with van der Waals surface area (Å²) in [6, 6.07) is 14.3. The van der Waals surface area contributed by atoms with Gasteiger partial charge in [0.2, 0.25) is 5.91 Å². The smallest absolute Gasteiger partial charge is 0.230 e. The molecule has 4 rings (SSSR count). The summed E-state index contributed by atoms with van der Waals surface area (Å²) in [5.74, 6) is 1.18. The van der Waals surface area contributed by atoms with E-state index >= 15 is 0 Å². The zero-order chi connectivity index (χ0) is 17.1. The zero-order valence-electron chi connectivity index (χ0n) is 14.6. The molecule has 2 fully saturated rings. The average molecular weight is 335 g/mol. The third-order valence-corrected chi connectivity index (χ3v) is 5.68. The van der Waals surface area contributed by atoms with Gasteiger partial charge in [-0.2, -0.15) is 0 Å². The first-order valence-electron chi connectivity index (χ1n) is 9.32. The minimum Gasteiger partial charge on any atom is -0.356 e. The summed E-state index contributed by atoms with van der Waals surface area (Å²) in [6.45, 7) is 2.67. The summed E-state index contributed by atoms with van der Waals surface area (Å²) >= 11 is 0. The van der Waals surface area contributed by atoms with Gasteiger partial charge in [-0.1, -0.05) is 42.8 Å². The van der Waals surface area contributed by atoms with Crippen LogP contribution in [-0.2, 0) is 16.8 Å². The van der Waals surface area contributed by atoms with E-state index in [4.69, 9.17) is 0 Å². The van der Waals surface area contributed by atoms with Crippen LogP contribution in [0.5, 0.6) is 0 Å². The Labute approximate surface area is 149 Å². The van der Waals surface area contributed by atoms with Crippen LogP contribution in [0.1, 0.15) is 43.2 Å². The van der Waals surface area contributed by atoms with Crippen molar-refractivity contribution < 1.29 is 4.79 Å². The van der Waals surface area contributed by atoms with Crippen LogP contribution in [0.4, 0.5) is 5.82 Å². The molecule has 2 aromatic rings. The lowest BCUT2D eigenvalue weighted by Gasteiger charge is -2.40. The maximum absolute atomic E-state index is 13.0. The maximum atomic E-state index is 13.0. The first-order chi connectivity index (χ1) is 12.3. The maximum Gasteiger partial charge on any atom is 0.230 e. The summed E-state index contributed by atoms with van der Waals surface area (Å²) in [4.78, 5) is 19.9. The van der Waals surface area contributed by atoms with Crippen molar-refractivity contribution >= 4 is 11.7 Å². The number of benzene rings is 1. The van der Waals surface area contributed by atoms with Gasteiger partial charge in [0.15, 0.2) is 0 Å². The molecule has 4 heteroatoms. The van der Waals surface area contributed by atoms with Crippen LogP contribution in [0.3, 0.4) is 0 Å². The largest absolute Gasteiger partial charge is 0.356 e. The number of aromatic nitrogens is 1. The Hall–Kier alpha value is -2.36. The second-order valence-electron chi connectivity index (χ2n) is 7.16. The third kappa shape index (κ3) is 3.01. The summed E-state index contributed by atoms with van der Waals surface area (Å²) in [5, 5.41) is 3.20. The number of pyridine rings is 1. The Balaban J connectivity index is 1.49. The molecule has 1 aromatic carbocycles. The van der Waals surface area contributed by atoms with Gasteiger partial charge >= 0.3 is 0 Å². The Morgan fingerprint density at radius 2 is 1.80 bits per heavy atom. The van der Waals surface area contributed by atoms with Crippen LogP contribution in [0, 0.1) is 0 Å². The lowest BCUT2D eigenvalue weighted by atomic mass is 9.64. The van der Waals surface area contributed by atoms with Crippen molar-refractivity contribution in [2.24, 2.45) is 0 Å². The van der Waals surface area contributed by atoms with Crippen molar-refractivity contribution in [2.45, 2.75) is 44.1 Å². The molecule has 1 aliphatic carbocycles. The highest BCUT2D eigenvalue weighted by Crippen LogP contribution is 2.44. The Morgan fingerprint density at radius 1 is 1.04 bits per heavy atom. The van der Waals surface area contributed by atoms with Crippen molar-refractivity contribution in [1.82, 2.24) is 10.3 Å². The van der Waals surface area contributed by atoms with E-state index in [-0.39, 0.29) is 11.3 Å². The highest BCUT2D eigenvalue weighted by molar-refractivity contribution is 5.89. The van der Waals surface area contributed by atoms with Gasteiger partial charge in [0.05, 0.1) is 5.41 Å². The molecule has 2 aliphatic rings. The topological polar surface area (TPSA) is 45.2 Å². The Kier molecular flexibility index (Phi) is 4.43. The SMILES string of the molecule is O=C(NCc1cccnc1N1CCCC1)C1(c2ccccc2)CCC1. The number of hydrogen-bond acceptors (Lipinski definition) is 3. The molecule has 0 unspecified atom stereocenters. The number of carbonyl (C=O) groups excluding carboxylic acids is 1. The lowest BCUT2D eigenvalue weighted by molar-refractivity contribution is -0.130. The highest BCUT2D eigenvalue weighted by atomic mass is 16.2. The Morgan fingerprint density at radius 3 is 2.48 bits per heavy atom. The van der Waals surface area contributed by atoms with Crippen molar-refractivity contribution in [1.29, 1.82) is 0 Å². The molecule has 0 spiro atoms. The van der Waals surface area contributed by atoms with E-state index in [2.05, 4.69) is 33.4 Å². The van der Waals surface area contributed by atoms with Crippen LogP contribution < -0.4 is 10.2 Å². The van der Waals surface area contributed by atoms with Crippen molar-refractivity contribution in [3.05, 3.63) is 59.8 Å². The molecule has 1 saturated heterocycles. The molecule has 1 amide bonds. The van der Waals surface area contributed by atoms with Gasteiger partial charge in [0, 0.05) is 31.4 Å². The van der Waals surface area contributed by atoms with Crippen LogP contribution in [0.25, 0.3) is 0 Å². The molecule has 25 heavy (non-hydrogen) atoms. The summed E-state index contributed by atoms with van der Waals surface area (Å²) in [6.07, 6.45) is 7.29. The summed E-state index contributed by atoms with van der Waals surface area (Å²) in [7, 11) is 0. The quantitative estimate of drug-likeness (QED) is 0.911. The van der Waals surface area contributed by atoms with Gasteiger partial charge in [0.25, 0.3) is 0 Å². The molecule has 0 bridgehead atoms. The standard InChI is InChI=1S/C21H25N3O/c25-20(21(11-7-12-21)18-9-2-1-3-10-18)23-16-17-8-6-13-22-19(17)24-14-4-5-15-24/h1-3,6,8-10,13H,4-5,7,11-12,14-16H2,(H,23,25). The minimum atomic E-state index is -0.336. The predicted molar refractivity (Wildman–Crippen MR) is 99.5 cm³/mol. The third-order valence-electron chi connectivity index (χ3n) is 5.68. The fraction of sp³-hybridized carbons (Fsp3) is 0.429. The molecule has 1 saturated carbocycles. The number of anilines is 1. The molecule has 4 nitrogen and oxygen atoms in total. The molecule has 130 valence electrons. The molecule has 2 heterocycles. The number of hydrogen-bond donors (Lipinski definition) is 1. The van der Waals surface area contributed by atoms with Gasteiger partial charge in [-0.15, -0.1) is 0 Å². The summed E-state index contributed by atoms with van der Waals surface area (Å²) in [5.41, 5.74) is 1.92. The number of carbonyl (C=O) groups is 1. The number of nitrogens with zero attached hydrogens (tertiary/aromatic N) is 2. The number of rotatable bonds is 5. The molecule has 1 aliphatic heterocycles. The molecule has 0 radical (unpaired) electrons. The molecule has 1 N–H and O–H groups in total.